The van der Waals surface area contributed by atoms with Gasteiger partial charge in [-0.15, -0.1) is 0 Å². The van der Waals surface area contributed by atoms with Crippen molar-refractivity contribution >= 4 is 6.09 Å². The lowest BCUT2D eigenvalue weighted by molar-refractivity contribution is -0.135. The Morgan fingerprint density at radius 2 is 2.42 bits per heavy atom. The molecule has 0 aromatic heterocycles. The second-order valence-electron chi connectivity index (χ2n) is 2.89. The maximum Gasteiger partial charge on any atom is 0.413 e. The van der Waals surface area contributed by atoms with Gasteiger partial charge in [0.1, 0.15) is 6.61 Å². The van der Waals surface area contributed by atoms with E-state index in [1.165, 1.54) is 4.90 Å². The summed E-state index contributed by atoms with van der Waals surface area (Å²) in [6.45, 7) is 3.42. The number of cyclic esters (lactones) is 1. The van der Waals surface area contributed by atoms with Crippen molar-refractivity contribution in [1.82, 2.24) is 4.90 Å². The summed E-state index contributed by atoms with van der Waals surface area (Å²) in [6.07, 6.45) is -0.826. The van der Waals surface area contributed by atoms with Crippen LogP contribution in [0.1, 0.15) is 6.92 Å². The Kier molecular flexibility index (Phi) is 1.90. The number of rotatable bonds is 1. The number of nitrogens with zero attached hydrogens (tertiary/aromatic N) is 1. The molecular formula is C7H11NO4. The van der Waals surface area contributed by atoms with E-state index >= 15 is 0 Å². The predicted octanol–water partition coefficient (Wildman–Crippen LogP) is 0.157. The van der Waals surface area contributed by atoms with Crippen LogP contribution >= 0.6 is 0 Å². The minimum Gasteiger partial charge on any atom is -0.447 e. The quantitative estimate of drug-likeness (QED) is 0.566. The first-order valence-corrected chi connectivity index (χ1v) is 3.98. The molecule has 12 heavy (non-hydrogen) atoms. The summed E-state index contributed by atoms with van der Waals surface area (Å²) in [6, 6.07) is 0. The van der Waals surface area contributed by atoms with Crippen molar-refractivity contribution in [3.8, 4) is 0 Å². The summed E-state index contributed by atoms with van der Waals surface area (Å²) >= 11 is 0. The number of hydrogen-bond acceptors (Lipinski definition) is 4. The highest BCUT2D eigenvalue weighted by Gasteiger charge is 2.35. The largest absolute Gasteiger partial charge is 0.447 e. The zero-order chi connectivity index (χ0) is 8.55. The normalized spacial score (nSPS) is 35.8. The molecule has 68 valence electrons. The van der Waals surface area contributed by atoms with Crippen molar-refractivity contribution < 1.29 is 19.0 Å². The lowest BCUT2D eigenvalue weighted by atomic mass is 10.5. The monoisotopic (exact) mass is 173 g/mol. The number of ether oxygens (including phenoxy) is 3. The Bertz CT molecular complexity index is 196. The summed E-state index contributed by atoms with van der Waals surface area (Å²) in [5.41, 5.74) is 0. The minimum atomic E-state index is -0.532. The van der Waals surface area contributed by atoms with Crippen LogP contribution in [0.4, 0.5) is 4.79 Å². The third-order valence-corrected chi connectivity index (χ3v) is 1.87. The summed E-state index contributed by atoms with van der Waals surface area (Å²) in [7, 11) is 0. The van der Waals surface area contributed by atoms with E-state index in [-0.39, 0.29) is 12.2 Å². The average Bonchev–Trinajstić information content (AvgIpc) is 2.58. The molecule has 5 heteroatoms. The number of amides is 1. The summed E-state index contributed by atoms with van der Waals surface area (Å²) in [4.78, 5) is 12.5. The average molecular weight is 173 g/mol. The fourth-order valence-corrected chi connectivity index (χ4v) is 1.26. The van der Waals surface area contributed by atoms with Crippen LogP contribution in [0.5, 0.6) is 0 Å². The van der Waals surface area contributed by atoms with Crippen LogP contribution in [0.25, 0.3) is 0 Å². The molecular weight excluding hydrogens is 162 g/mol. The van der Waals surface area contributed by atoms with Crippen molar-refractivity contribution in [1.29, 1.82) is 0 Å². The number of carbonyl (C=O) groups excluding carboxylic acids is 1. The van der Waals surface area contributed by atoms with E-state index in [0.29, 0.717) is 19.8 Å². The molecule has 5 nitrogen and oxygen atoms in total. The van der Waals surface area contributed by atoms with Gasteiger partial charge >= 0.3 is 6.09 Å². The van der Waals surface area contributed by atoms with Gasteiger partial charge in [0.05, 0.1) is 19.3 Å². The smallest absolute Gasteiger partial charge is 0.413 e. The van der Waals surface area contributed by atoms with Crippen molar-refractivity contribution in [2.24, 2.45) is 0 Å². The molecule has 2 atom stereocenters. The highest BCUT2D eigenvalue weighted by molar-refractivity contribution is 5.69. The molecule has 2 saturated heterocycles. The van der Waals surface area contributed by atoms with E-state index in [4.69, 9.17) is 14.2 Å². The zero-order valence-electron chi connectivity index (χ0n) is 6.86. The predicted molar refractivity (Wildman–Crippen MR) is 38.3 cm³/mol. The standard InChI is InChI=1S/C7H11NO4/c1-5-4-11-7(12-5)8-2-3-10-6(8)9/h5,7H,2-4H2,1H3. The highest BCUT2D eigenvalue weighted by atomic mass is 16.8. The van der Waals surface area contributed by atoms with Crippen LogP contribution in [0.15, 0.2) is 0 Å². The van der Waals surface area contributed by atoms with Crippen LogP contribution in [0, 0.1) is 0 Å². The van der Waals surface area contributed by atoms with Crippen molar-refractivity contribution in [2.75, 3.05) is 19.8 Å². The second-order valence-corrected chi connectivity index (χ2v) is 2.89. The SMILES string of the molecule is CC1COC(N2CCOC2=O)O1. The Morgan fingerprint density at radius 3 is 2.92 bits per heavy atom. The molecule has 2 aliphatic heterocycles. The molecule has 0 aliphatic carbocycles. The minimum absolute atomic E-state index is 0.0587. The molecule has 0 radical (unpaired) electrons. The Hall–Kier alpha value is -0.810. The van der Waals surface area contributed by atoms with E-state index in [2.05, 4.69) is 0 Å². The molecule has 0 spiro atoms. The van der Waals surface area contributed by atoms with E-state index in [1.807, 2.05) is 6.92 Å². The molecule has 2 fully saturated rings. The molecule has 2 rings (SSSR count). The Morgan fingerprint density at radius 1 is 1.58 bits per heavy atom. The lowest BCUT2D eigenvalue weighted by Gasteiger charge is -2.18. The first kappa shape index (κ1) is 7.82. The summed E-state index contributed by atoms with van der Waals surface area (Å²) in [5.74, 6) is 0. The molecule has 0 bridgehead atoms. The Labute approximate surface area is 70.2 Å². The van der Waals surface area contributed by atoms with Crippen LogP contribution in [-0.2, 0) is 14.2 Å². The molecule has 0 aromatic rings. The fourth-order valence-electron chi connectivity index (χ4n) is 1.26. The number of hydrogen-bond donors (Lipinski definition) is 0. The van der Waals surface area contributed by atoms with Crippen molar-refractivity contribution in [3.63, 3.8) is 0 Å². The van der Waals surface area contributed by atoms with Gasteiger partial charge in [0.2, 0.25) is 6.41 Å². The highest BCUT2D eigenvalue weighted by Crippen LogP contribution is 2.18. The first-order chi connectivity index (χ1) is 5.77. The van der Waals surface area contributed by atoms with Gasteiger partial charge in [-0.1, -0.05) is 0 Å². The molecule has 0 N–H and O–H groups in total. The van der Waals surface area contributed by atoms with Gasteiger partial charge in [-0.2, -0.15) is 0 Å². The molecule has 2 heterocycles. The maximum absolute atomic E-state index is 11.0. The van der Waals surface area contributed by atoms with Gasteiger partial charge in [0, 0.05) is 0 Å². The van der Waals surface area contributed by atoms with Gasteiger partial charge in [-0.25, -0.2) is 4.79 Å². The van der Waals surface area contributed by atoms with Gasteiger partial charge in [-0.3, -0.25) is 4.90 Å². The second kappa shape index (κ2) is 2.91. The topological polar surface area (TPSA) is 48.0 Å². The molecule has 0 aromatic carbocycles. The maximum atomic E-state index is 11.0. The third-order valence-electron chi connectivity index (χ3n) is 1.87. The first-order valence-electron chi connectivity index (χ1n) is 3.98. The number of carbonyl (C=O) groups is 1. The summed E-state index contributed by atoms with van der Waals surface area (Å²) in [5, 5.41) is 0. The molecule has 2 aliphatic rings. The van der Waals surface area contributed by atoms with Crippen LogP contribution in [-0.4, -0.2) is 43.3 Å². The van der Waals surface area contributed by atoms with Gasteiger partial charge in [0.25, 0.3) is 0 Å². The van der Waals surface area contributed by atoms with Crippen molar-refractivity contribution in [2.45, 2.75) is 19.4 Å². The van der Waals surface area contributed by atoms with Crippen LogP contribution in [0.2, 0.25) is 0 Å². The lowest BCUT2D eigenvalue weighted by Crippen LogP contribution is -2.36. The van der Waals surface area contributed by atoms with Gasteiger partial charge in [-0.05, 0) is 6.92 Å². The van der Waals surface area contributed by atoms with E-state index in [1.54, 1.807) is 0 Å². The van der Waals surface area contributed by atoms with Gasteiger partial charge < -0.3 is 14.2 Å². The van der Waals surface area contributed by atoms with E-state index in [0.717, 1.165) is 0 Å². The van der Waals surface area contributed by atoms with Crippen LogP contribution < -0.4 is 0 Å². The zero-order valence-corrected chi connectivity index (χ0v) is 6.86. The Balaban J connectivity index is 1.96. The fraction of sp³-hybridized carbons (Fsp3) is 0.857. The molecule has 2 unspecified atom stereocenters. The summed E-state index contributed by atoms with van der Waals surface area (Å²) < 4.78 is 15.3. The van der Waals surface area contributed by atoms with Gasteiger partial charge in [0.15, 0.2) is 0 Å². The van der Waals surface area contributed by atoms with Crippen molar-refractivity contribution in [3.05, 3.63) is 0 Å². The van der Waals surface area contributed by atoms with Crippen LogP contribution in [0.3, 0.4) is 0 Å². The van der Waals surface area contributed by atoms with E-state index < -0.39 is 6.41 Å². The molecule has 0 saturated carbocycles. The van der Waals surface area contributed by atoms with E-state index in [9.17, 15) is 4.79 Å². The molecule has 1 amide bonds. The third kappa shape index (κ3) is 1.25.